The van der Waals surface area contributed by atoms with Gasteiger partial charge in [-0.2, -0.15) is 0 Å². The van der Waals surface area contributed by atoms with E-state index >= 15 is 0 Å². The smallest absolute Gasteiger partial charge is 0.217 e. The number of hydrogen-bond donors (Lipinski definition) is 2. The lowest BCUT2D eigenvalue weighted by atomic mass is 10.2. The first kappa shape index (κ1) is 12.3. The Labute approximate surface area is 96.8 Å². The molecule has 1 aliphatic heterocycles. The van der Waals surface area contributed by atoms with Crippen molar-refractivity contribution in [2.45, 2.75) is 37.0 Å². The molecule has 2 atom stereocenters. The highest BCUT2D eigenvalue weighted by molar-refractivity contribution is 7.90. The second-order valence-corrected chi connectivity index (χ2v) is 6.67. The topological polar surface area (TPSA) is 81.4 Å². The lowest BCUT2D eigenvalue weighted by Gasteiger charge is -2.25. The second-order valence-electron chi connectivity index (χ2n) is 4.68. The van der Waals surface area contributed by atoms with Crippen LogP contribution in [0.25, 0.3) is 0 Å². The first-order valence-electron chi connectivity index (χ1n) is 5.92. The molecule has 2 fully saturated rings. The van der Waals surface area contributed by atoms with Crippen molar-refractivity contribution in [3.63, 3.8) is 0 Å². The van der Waals surface area contributed by atoms with Crippen molar-refractivity contribution in [2.24, 2.45) is 11.7 Å². The van der Waals surface area contributed by atoms with E-state index in [1.807, 2.05) is 0 Å². The molecule has 0 aromatic heterocycles. The van der Waals surface area contributed by atoms with Crippen LogP contribution in [0.15, 0.2) is 0 Å². The summed E-state index contributed by atoms with van der Waals surface area (Å²) in [6.07, 6.45) is 3.69. The van der Waals surface area contributed by atoms with Crippen molar-refractivity contribution < 1.29 is 13.2 Å². The maximum atomic E-state index is 12.0. The maximum absolute atomic E-state index is 12.0. The zero-order valence-corrected chi connectivity index (χ0v) is 10.2. The van der Waals surface area contributed by atoms with E-state index in [9.17, 15) is 8.42 Å². The van der Waals surface area contributed by atoms with Crippen molar-refractivity contribution in [1.82, 2.24) is 4.72 Å². The van der Waals surface area contributed by atoms with E-state index in [4.69, 9.17) is 10.5 Å². The Kier molecular flexibility index (Phi) is 3.84. The van der Waals surface area contributed by atoms with Crippen LogP contribution in [0.3, 0.4) is 0 Å². The van der Waals surface area contributed by atoms with Crippen molar-refractivity contribution in [1.29, 1.82) is 0 Å². The van der Waals surface area contributed by atoms with Crippen LogP contribution < -0.4 is 10.5 Å². The average molecular weight is 248 g/mol. The Morgan fingerprint density at radius 2 is 2.12 bits per heavy atom. The van der Waals surface area contributed by atoms with Crippen LogP contribution in [0.5, 0.6) is 0 Å². The zero-order valence-electron chi connectivity index (χ0n) is 9.39. The monoisotopic (exact) mass is 248 g/mol. The largest absolute Gasteiger partial charge is 0.380 e. The molecule has 0 radical (unpaired) electrons. The van der Waals surface area contributed by atoms with Gasteiger partial charge in [0, 0.05) is 19.2 Å². The minimum absolute atomic E-state index is 0.0769. The molecule has 16 heavy (non-hydrogen) atoms. The van der Waals surface area contributed by atoms with Gasteiger partial charge < -0.3 is 10.5 Å². The zero-order chi connectivity index (χ0) is 11.6. The van der Waals surface area contributed by atoms with Crippen LogP contribution in [0.2, 0.25) is 0 Å². The highest BCUT2D eigenvalue weighted by atomic mass is 32.2. The van der Waals surface area contributed by atoms with E-state index in [0.29, 0.717) is 32.1 Å². The van der Waals surface area contributed by atoms with Crippen molar-refractivity contribution in [3.8, 4) is 0 Å². The lowest BCUT2D eigenvalue weighted by molar-refractivity contribution is 0.0987. The van der Waals surface area contributed by atoms with Gasteiger partial charge in [-0.15, -0.1) is 0 Å². The normalized spacial score (nSPS) is 28.9. The predicted octanol–water partition coefficient (Wildman–Crippen LogP) is -0.178. The Morgan fingerprint density at radius 3 is 2.62 bits per heavy atom. The molecule has 2 rings (SSSR count). The van der Waals surface area contributed by atoms with Crippen LogP contribution in [0.1, 0.15) is 25.7 Å². The molecule has 1 aliphatic carbocycles. The molecule has 6 heteroatoms. The molecule has 94 valence electrons. The summed E-state index contributed by atoms with van der Waals surface area (Å²) in [5, 5.41) is -0.394. The van der Waals surface area contributed by atoms with Gasteiger partial charge in [-0.3, -0.25) is 0 Å². The summed E-state index contributed by atoms with van der Waals surface area (Å²) < 4.78 is 32.0. The Bertz CT molecular complexity index is 321. The molecule has 0 spiro atoms. The van der Waals surface area contributed by atoms with Gasteiger partial charge >= 0.3 is 0 Å². The van der Waals surface area contributed by atoms with E-state index in [-0.39, 0.29) is 6.04 Å². The van der Waals surface area contributed by atoms with Crippen LogP contribution in [-0.4, -0.2) is 39.5 Å². The third kappa shape index (κ3) is 2.94. The molecule has 1 heterocycles. The molecule has 3 N–H and O–H groups in total. The number of nitrogens with two attached hydrogens (primary N) is 1. The Balaban J connectivity index is 1.94. The molecule has 0 aromatic carbocycles. The standard InChI is InChI=1S/C10H20N2O3S/c11-6-10(8-3-4-8)12-16(13,14)9-2-1-5-15-7-9/h8-10,12H,1-7,11H2/t9-,10-/m1/s1. The molecule has 2 aliphatic rings. The van der Waals surface area contributed by atoms with Crippen LogP contribution in [-0.2, 0) is 14.8 Å². The van der Waals surface area contributed by atoms with Gasteiger partial charge in [-0.1, -0.05) is 0 Å². The summed E-state index contributed by atoms with van der Waals surface area (Å²) >= 11 is 0. The van der Waals surface area contributed by atoms with Crippen LogP contribution >= 0.6 is 0 Å². The summed E-state index contributed by atoms with van der Waals surface area (Å²) in [5.41, 5.74) is 5.59. The maximum Gasteiger partial charge on any atom is 0.217 e. The van der Waals surface area contributed by atoms with Crippen molar-refractivity contribution >= 4 is 10.0 Å². The third-order valence-electron chi connectivity index (χ3n) is 3.32. The lowest BCUT2D eigenvalue weighted by Crippen LogP contribution is -2.47. The summed E-state index contributed by atoms with van der Waals surface area (Å²) in [6.45, 7) is 1.38. The summed E-state index contributed by atoms with van der Waals surface area (Å²) in [4.78, 5) is 0. The summed E-state index contributed by atoms with van der Waals surface area (Å²) in [6, 6.07) is -0.0769. The van der Waals surface area contributed by atoms with Gasteiger partial charge in [-0.05, 0) is 31.6 Å². The molecular formula is C10H20N2O3S. The third-order valence-corrected chi connectivity index (χ3v) is 5.20. The highest BCUT2D eigenvalue weighted by Crippen LogP contribution is 2.32. The molecule has 5 nitrogen and oxygen atoms in total. The fraction of sp³-hybridized carbons (Fsp3) is 1.00. The molecule has 0 bridgehead atoms. The van der Waals surface area contributed by atoms with E-state index in [2.05, 4.69) is 4.72 Å². The Morgan fingerprint density at radius 1 is 1.38 bits per heavy atom. The quantitative estimate of drug-likeness (QED) is 0.707. The molecule has 0 aromatic rings. The van der Waals surface area contributed by atoms with Gasteiger partial charge in [0.1, 0.15) is 0 Å². The molecule has 0 unspecified atom stereocenters. The van der Waals surface area contributed by atoms with Crippen LogP contribution in [0, 0.1) is 5.92 Å². The molecule has 1 saturated carbocycles. The number of ether oxygens (including phenoxy) is 1. The van der Waals surface area contributed by atoms with Gasteiger partial charge in [0.15, 0.2) is 0 Å². The number of hydrogen-bond acceptors (Lipinski definition) is 4. The van der Waals surface area contributed by atoms with E-state index < -0.39 is 15.3 Å². The highest BCUT2D eigenvalue weighted by Gasteiger charge is 2.36. The van der Waals surface area contributed by atoms with E-state index in [1.165, 1.54) is 0 Å². The SMILES string of the molecule is NC[C@@H](NS(=O)(=O)[C@@H]1CCCOC1)C1CC1. The number of nitrogens with one attached hydrogen (secondary N) is 1. The van der Waals surface area contributed by atoms with E-state index in [0.717, 1.165) is 19.3 Å². The van der Waals surface area contributed by atoms with Crippen molar-refractivity contribution in [2.75, 3.05) is 19.8 Å². The van der Waals surface area contributed by atoms with Gasteiger partial charge in [0.25, 0.3) is 0 Å². The fourth-order valence-corrected chi connectivity index (χ4v) is 3.75. The summed E-state index contributed by atoms with van der Waals surface area (Å²) in [7, 11) is -3.25. The first-order chi connectivity index (χ1) is 7.63. The van der Waals surface area contributed by atoms with E-state index in [1.54, 1.807) is 0 Å². The van der Waals surface area contributed by atoms with Crippen molar-refractivity contribution in [3.05, 3.63) is 0 Å². The minimum Gasteiger partial charge on any atom is -0.380 e. The van der Waals surface area contributed by atoms with Gasteiger partial charge in [0.2, 0.25) is 10.0 Å². The van der Waals surface area contributed by atoms with Gasteiger partial charge in [-0.25, -0.2) is 13.1 Å². The molecular weight excluding hydrogens is 228 g/mol. The predicted molar refractivity (Wildman–Crippen MR) is 61.5 cm³/mol. The number of rotatable bonds is 5. The number of sulfonamides is 1. The second kappa shape index (κ2) is 5.00. The van der Waals surface area contributed by atoms with Gasteiger partial charge in [0.05, 0.1) is 11.9 Å². The minimum atomic E-state index is -3.25. The average Bonchev–Trinajstić information content (AvgIpc) is 3.11. The summed E-state index contributed by atoms with van der Waals surface area (Å²) in [5.74, 6) is 0.448. The van der Waals surface area contributed by atoms with Crippen LogP contribution in [0.4, 0.5) is 0 Å². The molecule has 1 saturated heterocycles. The fourth-order valence-electron chi connectivity index (χ4n) is 2.10. The Hall–Kier alpha value is -0.170. The first-order valence-corrected chi connectivity index (χ1v) is 7.47. The molecule has 0 amide bonds.